The number of nitrogens with one attached hydrogen (secondary N) is 3. The largest absolute Gasteiger partial charge is 0.416 e. The molecule has 0 aliphatic heterocycles. The first-order chi connectivity index (χ1) is 15.0. The lowest BCUT2D eigenvalue weighted by Crippen LogP contribution is -2.41. The molecule has 0 radical (unpaired) electrons. The molecule has 0 unspecified atom stereocenters. The predicted molar refractivity (Wildman–Crippen MR) is 113 cm³/mol. The van der Waals surface area contributed by atoms with Crippen LogP contribution >= 0.6 is 11.6 Å². The summed E-state index contributed by atoms with van der Waals surface area (Å²) in [4.78, 5) is 17.3. The molecule has 168 valence electrons. The summed E-state index contributed by atoms with van der Waals surface area (Å²) in [5.41, 5.74) is -0.763. The van der Waals surface area contributed by atoms with Crippen LogP contribution in [-0.2, 0) is 6.18 Å². The van der Waals surface area contributed by atoms with Crippen molar-refractivity contribution in [1.82, 2.24) is 15.5 Å². The number of carbonyl (C=O) groups is 1. The molecule has 32 heavy (non-hydrogen) atoms. The Bertz CT molecular complexity index is 1200. The fourth-order valence-electron chi connectivity index (χ4n) is 3.37. The summed E-state index contributed by atoms with van der Waals surface area (Å²) in [6, 6.07) is 6.42. The number of aliphatic imine (C=N–C) groups is 1. The van der Waals surface area contributed by atoms with Crippen LogP contribution in [0.1, 0.15) is 42.1 Å². The van der Waals surface area contributed by atoms with Gasteiger partial charge in [0.25, 0.3) is 5.91 Å². The van der Waals surface area contributed by atoms with Gasteiger partial charge in [0, 0.05) is 10.9 Å². The zero-order chi connectivity index (χ0) is 23.1. The zero-order valence-corrected chi connectivity index (χ0v) is 17.5. The van der Waals surface area contributed by atoms with Gasteiger partial charge in [0.2, 0.25) is 5.96 Å². The molecule has 1 aromatic heterocycles. The summed E-state index contributed by atoms with van der Waals surface area (Å²) in [6.45, 7) is 1.92. The number of hydrogen-bond acceptors (Lipinski definition) is 3. The molecule has 0 atom stereocenters. The summed E-state index contributed by atoms with van der Waals surface area (Å²) in [7, 11) is 0. The Kier molecular flexibility index (Phi) is 5.58. The second-order valence-electron chi connectivity index (χ2n) is 7.85. The van der Waals surface area contributed by atoms with Gasteiger partial charge in [0.1, 0.15) is 5.82 Å². The number of nitrogens with zero attached hydrogens (tertiary/aromatic N) is 2. The quantitative estimate of drug-likeness (QED) is 0.270. The van der Waals surface area contributed by atoms with Gasteiger partial charge in [-0.2, -0.15) is 18.3 Å². The van der Waals surface area contributed by atoms with Crippen molar-refractivity contribution in [2.75, 3.05) is 5.32 Å². The van der Waals surface area contributed by atoms with Gasteiger partial charge in [-0.15, -0.1) is 0 Å². The van der Waals surface area contributed by atoms with E-state index in [1.165, 1.54) is 12.1 Å². The van der Waals surface area contributed by atoms with Crippen LogP contribution in [-0.4, -0.2) is 27.6 Å². The number of anilines is 1. The van der Waals surface area contributed by atoms with Gasteiger partial charge >= 0.3 is 6.18 Å². The highest BCUT2D eigenvalue weighted by molar-refractivity contribution is 6.31. The van der Waals surface area contributed by atoms with E-state index < -0.39 is 29.0 Å². The number of amides is 1. The van der Waals surface area contributed by atoms with Crippen LogP contribution in [0.25, 0.3) is 10.9 Å². The van der Waals surface area contributed by atoms with Crippen LogP contribution in [0.5, 0.6) is 0 Å². The number of aromatic nitrogens is 2. The fourth-order valence-corrected chi connectivity index (χ4v) is 3.53. The Hall–Kier alpha value is -3.14. The Labute approximate surface area is 185 Å². The number of benzene rings is 2. The third-order valence-electron chi connectivity index (χ3n) is 5.36. The average Bonchev–Trinajstić information content (AvgIpc) is 3.07. The van der Waals surface area contributed by atoms with Crippen molar-refractivity contribution in [3.63, 3.8) is 0 Å². The maximum Gasteiger partial charge on any atom is 0.416 e. The third kappa shape index (κ3) is 4.55. The Morgan fingerprint density at radius 1 is 1.22 bits per heavy atom. The van der Waals surface area contributed by atoms with Crippen LogP contribution in [0.3, 0.4) is 0 Å². The Morgan fingerprint density at radius 3 is 2.50 bits per heavy atom. The van der Waals surface area contributed by atoms with Crippen LogP contribution < -0.4 is 10.6 Å². The smallest absolute Gasteiger partial charge is 0.309 e. The van der Waals surface area contributed by atoms with E-state index >= 15 is 0 Å². The second-order valence-corrected chi connectivity index (χ2v) is 8.26. The molecule has 1 aliphatic carbocycles. The van der Waals surface area contributed by atoms with Gasteiger partial charge in [-0.1, -0.05) is 11.6 Å². The number of alkyl halides is 3. The molecule has 1 aliphatic rings. The Morgan fingerprint density at radius 2 is 1.91 bits per heavy atom. The van der Waals surface area contributed by atoms with Crippen molar-refractivity contribution in [2.24, 2.45) is 4.99 Å². The number of hydrogen-bond donors (Lipinski definition) is 3. The standard InChI is InChI=1S/C21H18ClF4N5O/c1-20(7-2-8-20)29-19(27-17-13-9-15(23)14(22)10-16(13)30-31-17)28-18(32)11-3-5-12(6-4-11)21(24,25)26/h3-6,9-10H,2,7-8H2,1H3,(H3,27,28,29,30,31,32). The van der Waals surface area contributed by atoms with E-state index in [4.69, 9.17) is 11.6 Å². The van der Waals surface area contributed by atoms with Gasteiger partial charge < -0.3 is 5.32 Å². The molecule has 11 heteroatoms. The minimum atomic E-state index is -4.50. The van der Waals surface area contributed by atoms with E-state index in [1.54, 1.807) is 0 Å². The maximum absolute atomic E-state index is 13.9. The third-order valence-corrected chi connectivity index (χ3v) is 5.65. The molecule has 0 bridgehead atoms. The number of halogens is 5. The van der Waals surface area contributed by atoms with Gasteiger partial charge in [-0.25, -0.2) is 9.38 Å². The van der Waals surface area contributed by atoms with Crippen molar-refractivity contribution in [1.29, 1.82) is 0 Å². The monoisotopic (exact) mass is 467 g/mol. The van der Waals surface area contributed by atoms with Crippen molar-refractivity contribution in [3.8, 4) is 0 Å². The molecule has 2 aromatic carbocycles. The lowest BCUT2D eigenvalue weighted by molar-refractivity contribution is -0.137. The molecule has 1 amide bonds. The van der Waals surface area contributed by atoms with Crippen LogP contribution in [0.2, 0.25) is 5.02 Å². The number of guanidine groups is 1. The van der Waals surface area contributed by atoms with E-state index in [9.17, 15) is 22.4 Å². The normalized spacial score (nSPS) is 16.0. The molecule has 0 saturated heterocycles. The van der Waals surface area contributed by atoms with Crippen LogP contribution in [0, 0.1) is 5.82 Å². The van der Waals surface area contributed by atoms with Crippen molar-refractivity contribution >= 4 is 40.2 Å². The van der Waals surface area contributed by atoms with Gasteiger partial charge in [0.05, 0.1) is 21.6 Å². The second kappa shape index (κ2) is 8.09. The Balaban J connectivity index is 1.61. The summed E-state index contributed by atoms with van der Waals surface area (Å²) < 4.78 is 52.3. The van der Waals surface area contributed by atoms with E-state index in [2.05, 4.69) is 25.8 Å². The van der Waals surface area contributed by atoms with Gasteiger partial charge in [-0.05, 0) is 62.6 Å². The summed E-state index contributed by atoms with van der Waals surface area (Å²) >= 11 is 5.80. The summed E-state index contributed by atoms with van der Waals surface area (Å²) in [5.74, 6) is -1.02. The van der Waals surface area contributed by atoms with Crippen molar-refractivity contribution in [2.45, 2.75) is 37.9 Å². The number of H-pyrrole nitrogens is 1. The number of rotatable bonds is 3. The maximum atomic E-state index is 13.9. The zero-order valence-electron chi connectivity index (χ0n) is 16.8. The first-order valence-electron chi connectivity index (χ1n) is 9.73. The minimum Gasteiger partial charge on any atom is -0.309 e. The van der Waals surface area contributed by atoms with E-state index in [0.29, 0.717) is 10.9 Å². The number of carbonyl (C=O) groups excluding carboxylic acids is 1. The van der Waals surface area contributed by atoms with E-state index in [0.717, 1.165) is 43.5 Å². The van der Waals surface area contributed by atoms with Crippen molar-refractivity contribution < 1.29 is 22.4 Å². The van der Waals surface area contributed by atoms with Crippen LogP contribution in [0.15, 0.2) is 41.4 Å². The molecule has 6 nitrogen and oxygen atoms in total. The fraction of sp³-hybridized carbons (Fsp3) is 0.286. The molecule has 1 saturated carbocycles. The van der Waals surface area contributed by atoms with Crippen LogP contribution in [0.4, 0.5) is 23.4 Å². The van der Waals surface area contributed by atoms with E-state index in [-0.39, 0.29) is 22.4 Å². The topological polar surface area (TPSA) is 82.2 Å². The highest BCUT2D eigenvalue weighted by atomic mass is 35.5. The summed E-state index contributed by atoms with van der Waals surface area (Å²) in [5, 5.41) is 12.6. The summed E-state index contributed by atoms with van der Waals surface area (Å²) in [6.07, 6.45) is -1.91. The van der Waals surface area contributed by atoms with E-state index in [1.807, 2.05) is 6.92 Å². The highest BCUT2D eigenvalue weighted by Gasteiger charge is 2.33. The molecule has 4 rings (SSSR count). The SMILES string of the molecule is CC1(N=C(NC(=O)c2ccc(C(F)(F)F)cc2)Nc2n[nH]c3cc(Cl)c(F)cc23)CCC1. The molecule has 0 spiro atoms. The number of aromatic amines is 1. The molecular weight excluding hydrogens is 450 g/mol. The number of fused-ring (bicyclic) bond motifs is 1. The first-order valence-corrected chi connectivity index (χ1v) is 10.1. The molecule has 1 fully saturated rings. The minimum absolute atomic E-state index is 0.0241. The van der Waals surface area contributed by atoms with Gasteiger partial charge in [0.15, 0.2) is 5.82 Å². The molecule has 3 aromatic rings. The van der Waals surface area contributed by atoms with Gasteiger partial charge in [-0.3, -0.25) is 15.2 Å². The van der Waals surface area contributed by atoms with Crippen molar-refractivity contribution in [3.05, 3.63) is 58.4 Å². The first kappa shape index (κ1) is 22.1. The lowest BCUT2D eigenvalue weighted by Gasteiger charge is -2.34. The molecule has 1 heterocycles. The lowest BCUT2D eigenvalue weighted by atomic mass is 9.79. The average molecular weight is 468 g/mol. The highest BCUT2D eigenvalue weighted by Crippen LogP contribution is 2.35. The molecule has 3 N–H and O–H groups in total. The predicted octanol–water partition coefficient (Wildman–Crippen LogP) is 5.51. The molecular formula is C21H18ClF4N5O.